The summed E-state index contributed by atoms with van der Waals surface area (Å²) in [4.78, 5) is 18.8. The van der Waals surface area contributed by atoms with E-state index < -0.39 is 6.03 Å². The molecule has 0 aliphatic heterocycles. The quantitative estimate of drug-likeness (QED) is 0.877. The van der Waals surface area contributed by atoms with E-state index in [0.29, 0.717) is 5.13 Å². The average Bonchev–Trinajstić information content (AvgIpc) is 2.66. The van der Waals surface area contributed by atoms with Crippen LogP contribution >= 0.6 is 23.1 Å². The molecule has 3 N–H and O–H groups in total. The largest absolute Gasteiger partial charge is 0.351 e. The molecule has 5 nitrogen and oxygen atoms in total. The van der Waals surface area contributed by atoms with Crippen LogP contribution in [0.4, 0.5) is 9.93 Å². The van der Waals surface area contributed by atoms with Gasteiger partial charge in [-0.25, -0.2) is 14.8 Å². The van der Waals surface area contributed by atoms with Gasteiger partial charge in [-0.2, -0.15) is 0 Å². The van der Waals surface area contributed by atoms with Crippen molar-refractivity contribution in [3.63, 3.8) is 0 Å². The highest BCUT2D eigenvalue weighted by Crippen LogP contribution is 2.32. The van der Waals surface area contributed by atoms with Crippen LogP contribution in [0.2, 0.25) is 0 Å². The smallest absolute Gasteiger partial charge is 0.318 e. The number of anilines is 1. The van der Waals surface area contributed by atoms with E-state index in [9.17, 15) is 4.79 Å². The molecule has 2 amide bonds. The number of urea groups is 1. The molecular formula is C9H8N4OS2. The molecule has 0 aliphatic carbocycles. The summed E-state index contributed by atoms with van der Waals surface area (Å²) in [5.41, 5.74) is 4.98. The van der Waals surface area contributed by atoms with Gasteiger partial charge < -0.3 is 5.73 Å². The summed E-state index contributed by atoms with van der Waals surface area (Å²) in [5.74, 6) is 0. The molecule has 0 aliphatic rings. The van der Waals surface area contributed by atoms with Gasteiger partial charge in [-0.3, -0.25) is 5.32 Å². The van der Waals surface area contributed by atoms with Gasteiger partial charge in [0, 0.05) is 6.20 Å². The lowest BCUT2D eigenvalue weighted by atomic mass is 10.5. The Morgan fingerprint density at radius 3 is 3.00 bits per heavy atom. The molecule has 2 rings (SSSR count). The van der Waals surface area contributed by atoms with Crippen molar-refractivity contribution in [2.24, 2.45) is 5.73 Å². The summed E-state index contributed by atoms with van der Waals surface area (Å²) in [5, 5.41) is 3.80. The van der Waals surface area contributed by atoms with Crippen molar-refractivity contribution in [1.29, 1.82) is 0 Å². The Kier molecular flexibility index (Phi) is 3.37. The number of carbonyl (C=O) groups excluding carboxylic acids is 1. The van der Waals surface area contributed by atoms with Gasteiger partial charge in [0.15, 0.2) is 5.13 Å². The standard InChI is InChI=1S/C9H8N4OS2/c10-8(14)13-9-12-5-7(16-9)15-6-3-1-2-4-11-6/h1-5H,(H3,10,12,13,14). The summed E-state index contributed by atoms with van der Waals surface area (Å²) in [7, 11) is 0. The number of amides is 2. The van der Waals surface area contributed by atoms with Crippen LogP contribution in [0.25, 0.3) is 0 Å². The van der Waals surface area contributed by atoms with E-state index >= 15 is 0 Å². The summed E-state index contributed by atoms with van der Waals surface area (Å²) >= 11 is 2.84. The average molecular weight is 252 g/mol. The number of primary amides is 1. The molecule has 7 heteroatoms. The molecule has 0 aromatic carbocycles. The number of aromatic nitrogens is 2. The lowest BCUT2D eigenvalue weighted by Crippen LogP contribution is -2.18. The maximum absolute atomic E-state index is 10.6. The van der Waals surface area contributed by atoms with Crippen molar-refractivity contribution in [2.75, 3.05) is 5.32 Å². The molecule has 0 bridgehead atoms. The molecule has 2 aromatic rings. The van der Waals surface area contributed by atoms with E-state index in [1.807, 2.05) is 18.2 Å². The van der Waals surface area contributed by atoms with Crippen LogP contribution in [-0.2, 0) is 0 Å². The summed E-state index contributed by atoms with van der Waals surface area (Å²) in [6.07, 6.45) is 3.40. The van der Waals surface area contributed by atoms with Crippen molar-refractivity contribution in [2.45, 2.75) is 9.24 Å². The van der Waals surface area contributed by atoms with Crippen LogP contribution < -0.4 is 11.1 Å². The molecule has 0 unspecified atom stereocenters. The van der Waals surface area contributed by atoms with Crippen LogP contribution in [0.5, 0.6) is 0 Å². The fraction of sp³-hybridized carbons (Fsp3) is 0. The Labute approximate surface area is 100 Å². The molecule has 82 valence electrons. The third-order valence-corrected chi connectivity index (χ3v) is 3.52. The van der Waals surface area contributed by atoms with E-state index in [4.69, 9.17) is 5.73 Å². The van der Waals surface area contributed by atoms with E-state index in [2.05, 4.69) is 15.3 Å². The Morgan fingerprint density at radius 2 is 2.31 bits per heavy atom. The predicted molar refractivity (Wildman–Crippen MR) is 63.7 cm³/mol. The van der Waals surface area contributed by atoms with Gasteiger partial charge in [-0.15, -0.1) is 0 Å². The van der Waals surface area contributed by atoms with Crippen molar-refractivity contribution in [1.82, 2.24) is 9.97 Å². The predicted octanol–water partition coefficient (Wildman–Crippen LogP) is 2.18. The highest BCUT2D eigenvalue weighted by Gasteiger charge is 2.05. The Balaban J connectivity index is 2.06. The number of thiazole rings is 1. The molecule has 2 aromatic heterocycles. The van der Waals surface area contributed by atoms with Gasteiger partial charge in [-0.05, 0) is 12.1 Å². The zero-order valence-electron chi connectivity index (χ0n) is 8.08. The van der Waals surface area contributed by atoms with Crippen molar-refractivity contribution in [3.05, 3.63) is 30.6 Å². The fourth-order valence-corrected chi connectivity index (χ4v) is 2.76. The molecule has 16 heavy (non-hydrogen) atoms. The van der Waals surface area contributed by atoms with Gasteiger partial charge in [0.2, 0.25) is 0 Å². The minimum Gasteiger partial charge on any atom is -0.351 e. The first kappa shape index (κ1) is 10.9. The summed E-state index contributed by atoms with van der Waals surface area (Å²) in [6, 6.07) is 5.07. The lowest BCUT2D eigenvalue weighted by molar-refractivity contribution is 0.259. The van der Waals surface area contributed by atoms with E-state index in [1.54, 1.807) is 12.4 Å². The lowest BCUT2D eigenvalue weighted by Gasteiger charge is -1.95. The number of rotatable bonds is 3. The van der Waals surface area contributed by atoms with E-state index in [-0.39, 0.29) is 0 Å². The second kappa shape index (κ2) is 4.95. The minimum atomic E-state index is -0.608. The van der Waals surface area contributed by atoms with E-state index in [1.165, 1.54) is 23.1 Å². The SMILES string of the molecule is NC(=O)Nc1ncc(Sc2ccccn2)s1. The number of carbonyl (C=O) groups is 1. The zero-order valence-corrected chi connectivity index (χ0v) is 9.72. The first-order valence-electron chi connectivity index (χ1n) is 4.35. The highest BCUT2D eigenvalue weighted by molar-refractivity contribution is 8.01. The van der Waals surface area contributed by atoms with Crippen molar-refractivity contribution >= 4 is 34.3 Å². The fourth-order valence-electron chi connectivity index (χ4n) is 0.980. The second-order valence-electron chi connectivity index (χ2n) is 2.74. The maximum atomic E-state index is 10.6. The van der Waals surface area contributed by atoms with Gasteiger partial charge >= 0.3 is 6.03 Å². The number of nitrogens with one attached hydrogen (secondary N) is 1. The van der Waals surface area contributed by atoms with Crippen LogP contribution in [0.3, 0.4) is 0 Å². The van der Waals surface area contributed by atoms with Gasteiger partial charge in [-0.1, -0.05) is 29.2 Å². The highest BCUT2D eigenvalue weighted by atomic mass is 32.2. The van der Waals surface area contributed by atoms with Crippen LogP contribution in [0.1, 0.15) is 0 Å². The molecule has 0 spiro atoms. The maximum Gasteiger partial charge on any atom is 0.318 e. The number of nitrogens with two attached hydrogens (primary N) is 1. The molecule has 0 saturated carbocycles. The summed E-state index contributed by atoms with van der Waals surface area (Å²) in [6.45, 7) is 0. The first-order chi connectivity index (χ1) is 7.74. The third kappa shape index (κ3) is 2.94. The summed E-state index contributed by atoms with van der Waals surface area (Å²) < 4.78 is 0.947. The van der Waals surface area contributed by atoms with Crippen molar-refractivity contribution < 1.29 is 4.79 Å². The van der Waals surface area contributed by atoms with Gasteiger partial charge in [0.25, 0.3) is 0 Å². The first-order valence-corrected chi connectivity index (χ1v) is 5.98. The molecular weight excluding hydrogens is 244 g/mol. The number of pyridine rings is 1. The Morgan fingerprint density at radius 1 is 1.44 bits per heavy atom. The van der Waals surface area contributed by atoms with Crippen LogP contribution in [0.15, 0.2) is 39.8 Å². The normalized spacial score (nSPS) is 10.0. The molecule has 0 radical (unpaired) electrons. The zero-order chi connectivity index (χ0) is 11.4. The molecule has 0 fully saturated rings. The Bertz CT molecular complexity index is 485. The number of hydrogen-bond acceptors (Lipinski definition) is 5. The Hall–Kier alpha value is -1.60. The number of nitrogens with zero attached hydrogens (tertiary/aromatic N) is 2. The van der Waals surface area contributed by atoms with Gasteiger partial charge in [0.05, 0.1) is 10.4 Å². The van der Waals surface area contributed by atoms with E-state index in [0.717, 1.165) is 9.24 Å². The molecule has 0 atom stereocenters. The minimum absolute atomic E-state index is 0.492. The number of hydrogen-bond donors (Lipinski definition) is 2. The van der Waals surface area contributed by atoms with Crippen molar-refractivity contribution in [3.8, 4) is 0 Å². The van der Waals surface area contributed by atoms with Gasteiger partial charge in [0.1, 0.15) is 5.03 Å². The van der Waals surface area contributed by atoms with Crippen LogP contribution in [0, 0.1) is 0 Å². The second-order valence-corrected chi connectivity index (χ2v) is 5.10. The third-order valence-electron chi connectivity index (χ3n) is 1.56. The van der Waals surface area contributed by atoms with Crippen LogP contribution in [-0.4, -0.2) is 16.0 Å². The molecule has 2 heterocycles. The topological polar surface area (TPSA) is 80.9 Å². The molecule has 0 saturated heterocycles. The monoisotopic (exact) mass is 252 g/mol.